The minimum atomic E-state index is -1.17. The molecule has 1 aliphatic carbocycles. The molecule has 1 heterocycles. The second-order valence-electron chi connectivity index (χ2n) is 6.22. The largest absolute Gasteiger partial charge is 0.465 e. The quantitative estimate of drug-likeness (QED) is 0.533. The van der Waals surface area contributed by atoms with Crippen LogP contribution in [0.1, 0.15) is 34.1 Å². The van der Waals surface area contributed by atoms with Gasteiger partial charge < -0.3 is 18.9 Å². The zero-order valence-corrected chi connectivity index (χ0v) is 14.5. The molecule has 1 saturated heterocycles. The van der Waals surface area contributed by atoms with Crippen molar-refractivity contribution >= 4 is 17.7 Å². The van der Waals surface area contributed by atoms with Gasteiger partial charge in [0.05, 0.1) is 19.8 Å². The summed E-state index contributed by atoms with van der Waals surface area (Å²) < 4.78 is 21.4. The molecule has 134 valence electrons. The van der Waals surface area contributed by atoms with Gasteiger partial charge in [0.15, 0.2) is 17.5 Å². The first kappa shape index (κ1) is 18.6. The van der Waals surface area contributed by atoms with Crippen LogP contribution < -0.4 is 0 Å². The summed E-state index contributed by atoms with van der Waals surface area (Å²) in [5.41, 5.74) is 0.594. The van der Waals surface area contributed by atoms with E-state index in [0.717, 1.165) is 0 Å². The molecule has 0 unspecified atom stereocenters. The minimum absolute atomic E-state index is 0.0535. The van der Waals surface area contributed by atoms with Gasteiger partial charge in [-0.15, -0.1) is 0 Å². The van der Waals surface area contributed by atoms with E-state index in [1.807, 2.05) is 0 Å². The topological polar surface area (TPSA) is 88.1 Å². The summed E-state index contributed by atoms with van der Waals surface area (Å²) in [5.74, 6) is -4.08. The first-order valence-electron chi connectivity index (χ1n) is 8.18. The summed E-state index contributed by atoms with van der Waals surface area (Å²) in [6, 6.07) is 0. The van der Waals surface area contributed by atoms with Gasteiger partial charge in [-0.1, -0.05) is 0 Å². The number of rotatable bonds is 6. The molecule has 0 aromatic carbocycles. The van der Waals surface area contributed by atoms with E-state index in [9.17, 15) is 14.4 Å². The number of ether oxygens (including phenoxy) is 4. The molecule has 0 radical (unpaired) electrons. The summed E-state index contributed by atoms with van der Waals surface area (Å²) in [5, 5.41) is 0. The van der Waals surface area contributed by atoms with Crippen molar-refractivity contribution in [3.63, 3.8) is 0 Å². The average molecular weight is 340 g/mol. The van der Waals surface area contributed by atoms with Gasteiger partial charge in [0.25, 0.3) is 0 Å². The minimum Gasteiger partial charge on any atom is -0.465 e. The van der Waals surface area contributed by atoms with Gasteiger partial charge in [-0.2, -0.15) is 0 Å². The number of ketones is 1. The zero-order chi connectivity index (χ0) is 17.9. The molecule has 0 bridgehead atoms. The van der Waals surface area contributed by atoms with Crippen LogP contribution in [0.15, 0.2) is 11.6 Å². The molecule has 0 spiro atoms. The van der Waals surface area contributed by atoms with E-state index in [0.29, 0.717) is 5.57 Å². The first-order chi connectivity index (χ1) is 11.3. The number of esters is 2. The molecule has 1 aliphatic heterocycles. The Labute approximate surface area is 141 Å². The highest BCUT2D eigenvalue weighted by molar-refractivity contribution is 6.00. The molecule has 0 amide bonds. The second kappa shape index (κ2) is 7.44. The number of hydrogen-bond acceptors (Lipinski definition) is 7. The lowest BCUT2D eigenvalue weighted by Gasteiger charge is -2.25. The van der Waals surface area contributed by atoms with Gasteiger partial charge in [-0.05, 0) is 39.3 Å². The van der Waals surface area contributed by atoms with Crippen LogP contribution in [0, 0.1) is 11.8 Å². The lowest BCUT2D eigenvalue weighted by molar-refractivity contribution is -0.164. The average Bonchev–Trinajstić information content (AvgIpc) is 3.02. The third kappa shape index (κ3) is 4.02. The molecular formula is C17H24O7. The lowest BCUT2D eigenvalue weighted by Crippen LogP contribution is -2.37. The molecule has 7 heteroatoms. The Morgan fingerprint density at radius 2 is 1.83 bits per heavy atom. The fourth-order valence-electron chi connectivity index (χ4n) is 3.07. The highest BCUT2D eigenvalue weighted by atomic mass is 16.7. The van der Waals surface area contributed by atoms with Crippen LogP contribution in [0.5, 0.6) is 0 Å². The predicted octanol–water partition coefficient (Wildman–Crippen LogP) is 1.40. The molecule has 2 aliphatic rings. The number of carbonyl (C=O) groups is 3. The van der Waals surface area contributed by atoms with Crippen molar-refractivity contribution in [3.05, 3.63) is 11.6 Å². The molecule has 0 aromatic rings. The maximum Gasteiger partial charge on any atom is 0.320 e. The van der Waals surface area contributed by atoms with Crippen molar-refractivity contribution in [1.29, 1.82) is 0 Å². The van der Waals surface area contributed by atoms with Crippen LogP contribution in [0.2, 0.25) is 0 Å². The standard InChI is InChI=1S/C17H24O7/c1-5-21-15(19)14(16(20)22-6-2)12-8-10(18)7-11(12)13-9-23-17(3,4)24-13/h7,12-14H,5-6,8-9H2,1-4H3/t12-,13+/m1/s1. The highest BCUT2D eigenvalue weighted by Gasteiger charge is 2.47. The SMILES string of the molecule is CCOC(=O)C(C(=O)OCC)[C@@H]1CC(=O)C=C1[C@@H]1COC(C)(C)O1. The van der Waals surface area contributed by atoms with Crippen LogP contribution in [-0.2, 0) is 33.3 Å². The summed E-state index contributed by atoms with van der Waals surface area (Å²) in [4.78, 5) is 36.6. The number of carbonyl (C=O) groups excluding carboxylic acids is 3. The Bertz CT molecular complexity index is 531. The van der Waals surface area contributed by atoms with E-state index in [4.69, 9.17) is 18.9 Å². The van der Waals surface area contributed by atoms with E-state index in [1.54, 1.807) is 27.7 Å². The third-order valence-corrected chi connectivity index (χ3v) is 4.04. The fraction of sp³-hybridized carbons (Fsp3) is 0.706. The number of allylic oxidation sites excluding steroid dienone is 1. The molecular weight excluding hydrogens is 316 g/mol. The van der Waals surface area contributed by atoms with Crippen molar-refractivity contribution < 1.29 is 33.3 Å². The molecule has 0 N–H and O–H groups in total. The maximum absolute atomic E-state index is 12.3. The van der Waals surface area contributed by atoms with E-state index < -0.39 is 35.7 Å². The monoisotopic (exact) mass is 340 g/mol. The van der Waals surface area contributed by atoms with E-state index >= 15 is 0 Å². The smallest absolute Gasteiger partial charge is 0.320 e. The Morgan fingerprint density at radius 3 is 2.29 bits per heavy atom. The second-order valence-corrected chi connectivity index (χ2v) is 6.22. The van der Waals surface area contributed by atoms with Crippen molar-refractivity contribution in [2.45, 2.75) is 46.0 Å². The molecule has 24 heavy (non-hydrogen) atoms. The normalized spacial score (nSPS) is 25.7. The molecule has 2 rings (SSSR count). The molecule has 0 saturated carbocycles. The van der Waals surface area contributed by atoms with Gasteiger partial charge >= 0.3 is 11.9 Å². The van der Waals surface area contributed by atoms with Crippen LogP contribution in [-0.4, -0.2) is 49.4 Å². The van der Waals surface area contributed by atoms with Gasteiger partial charge in [0, 0.05) is 12.3 Å². The molecule has 1 fully saturated rings. The summed E-state index contributed by atoms with van der Waals surface area (Å²) >= 11 is 0. The van der Waals surface area contributed by atoms with Crippen LogP contribution in [0.4, 0.5) is 0 Å². The molecule has 7 nitrogen and oxygen atoms in total. The Balaban J connectivity index is 2.27. The Morgan fingerprint density at radius 1 is 1.25 bits per heavy atom. The third-order valence-electron chi connectivity index (χ3n) is 4.04. The van der Waals surface area contributed by atoms with Crippen LogP contribution in [0.25, 0.3) is 0 Å². The Kier molecular flexibility index (Phi) is 5.77. The van der Waals surface area contributed by atoms with Gasteiger partial charge in [0.1, 0.15) is 6.10 Å². The van der Waals surface area contributed by atoms with E-state index in [2.05, 4.69) is 0 Å². The van der Waals surface area contributed by atoms with Gasteiger partial charge in [-0.3, -0.25) is 14.4 Å². The molecule has 0 aromatic heterocycles. The van der Waals surface area contributed by atoms with Crippen molar-refractivity contribution in [3.8, 4) is 0 Å². The lowest BCUT2D eigenvalue weighted by atomic mass is 9.84. The van der Waals surface area contributed by atoms with Gasteiger partial charge in [-0.25, -0.2) is 0 Å². The van der Waals surface area contributed by atoms with E-state index in [-0.39, 0.29) is 32.0 Å². The summed E-state index contributed by atoms with van der Waals surface area (Å²) in [6.45, 7) is 7.41. The molecule has 2 atom stereocenters. The predicted molar refractivity (Wildman–Crippen MR) is 82.9 cm³/mol. The van der Waals surface area contributed by atoms with E-state index in [1.165, 1.54) is 6.08 Å². The number of hydrogen-bond donors (Lipinski definition) is 0. The van der Waals surface area contributed by atoms with Gasteiger partial charge in [0.2, 0.25) is 0 Å². The van der Waals surface area contributed by atoms with Crippen LogP contribution in [0.3, 0.4) is 0 Å². The summed E-state index contributed by atoms with van der Waals surface area (Å²) in [7, 11) is 0. The highest BCUT2D eigenvalue weighted by Crippen LogP contribution is 2.39. The van der Waals surface area contributed by atoms with Crippen LogP contribution >= 0.6 is 0 Å². The van der Waals surface area contributed by atoms with Crippen molar-refractivity contribution in [2.24, 2.45) is 11.8 Å². The fourth-order valence-corrected chi connectivity index (χ4v) is 3.07. The Hall–Kier alpha value is -1.73. The maximum atomic E-state index is 12.3. The zero-order valence-electron chi connectivity index (χ0n) is 14.5. The first-order valence-corrected chi connectivity index (χ1v) is 8.18. The van der Waals surface area contributed by atoms with Crippen molar-refractivity contribution in [1.82, 2.24) is 0 Å². The summed E-state index contributed by atoms with van der Waals surface area (Å²) in [6.07, 6.45) is 1.03. The van der Waals surface area contributed by atoms with Crippen molar-refractivity contribution in [2.75, 3.05) is 19.8 Å².